The van der Waals surface area contributed by atoms with Gasteiger partial charge in [-0.15, -0.1) is 0 Å². The number of aromatic nitrogens is 2. The summed E-state index contributed by atoms with van der Waals surface area (Å²) in [5.74, 6) is 2.22. The second-order valence-corrected chi connectivity index (χ2v) is 5.88. The summed E-state index contributed by atoms with van der Waals surface area (Å²) < 4.78 is 7.76. The average molecular weight is 269 g/mol. The Labute approximate surface area is 113 Å². The Balaban J connectivity index is 1.94. The third-order valence-corrected chi connectivity index (χ3v) is 4.16. The number of thioether (sulfide) groups is 1. The molecule has 1 N–H and O–H groups in total. The van der Waals surface area contributed by atoms with E-state index in [9.17, 15) is 0 Å². The van der Waals surface area contributed by atoms with E-state index < -0.39 is 0 Å². The third kappa shape index (κ3) is 4.00. The molecule has 2 unspecified atom stereocenters. The molecule has 4 nitrogen and oxygen atoms in total. The molecule has 1 aromatic heterocycles. The standard InChI is InChI=1S/C13H23N3OS/c1-3-5-14-12(13-10-18-8-7-17-13)9-11-4-6-16(2)15-11/h4,6,12-14H,3,5,7-10H2,1-2H3. The van der Waals surface area contributed by atoms with E-state index in [4.69, 9.17) is 4.74 Å². The largest absolute Gasteiger partial charge is 0.375 e. The molecule has 1 aromatic rings. The molecule has 102 valence electrons. The predicted octanol–water partition coefficient (Wildman–Crippen LogP) is 1.46. The van der Waals surface area contributed by atoms with E-state index in [0.717, 1.165) is 43.2 Å². The fourth-order valence-electron chi connectivity index (χ4n) is 2.20. The summed E-state index contributed by atoms with van der Waals surface area (Å²) in [6, 6.07) is 2.48. The van der Waals surface area contributed by atoms with Crippen LogP contribution in [0.15, 0.2) is 12.3 Å². The lowest BCUT2D eigenvalue weighted by Gasteiger charge is -2.30. The second kappa shape index (κ2) is 7.16. The van der Waals surface area contributed by atoms with Crippen LogP contribution in [0.25, 0.3) is 0 Å². The van der Waals surface area contributed by atoms with Gasteiger partial charge in [0.25, 0.3) is 0 Å². The Morgan fingerprint density at radius 1 is 1.67 bits per heavy atom. The van der Waals surface area contributed by atoms with Gasteiger partial charge >= 0.3 is 0 Å². The molecule has 0 spiro atoms. The normalized spacial score (nSPS) is 22.0. The summed E-state index contributed by atoms with van der Waals surface area (Å²) in [6.07, 6.45) is 4.42. The van der Waals surface area contributed by atoms with Gasteiger partial charge in [0, 0.05) is 37.2 Å². The van der Waals surface area contributed by atoms with Gasteiger partial charge in [-0.05, 0) is 19.0 Å². The maximum Gasteiger partial charge on any atom is 0.0822 e. The van der Waals surface area contributed by atoms with Gasteiger partial charge in [-0.1, -0.05) is 6.92 Å². The first-order chi connectivity index (χ1) is 8.79. The van der Waals surface area contributed by atoms with Gasteiger partial charge < -0.3 is 10.1 Å². The van der Waals surface area contributed by atoms with Crippen LogP contribution in [0.3, 0.4) is 0 Å². The van der Waals surface area contributed by atoms with Crippen LogP contribution >= 0.6 is 11.8 Å². The molecule has 0 radical (unpaired) electrons. The van der Waals surface area contributed by atoms with Crippen molar-refractivity contribution < 1.29 is 4.74 Å². The van der Waals surface area contributed by atoms with Gasteiger partial charge in [0.1, 0.15) is 0 Å². The van der Waals surface area contributed by atoms with Crippen LogP contribution in [-0.2, 0) is 18.2 Å². The fourth-order valence-corrected chi connectivity index (χ4v) is 3.14. The van der Waals surface area contributed by atoms with Crippen molar-refractivity contribution in [1.29, 1.82) is 0 Å². The first-order valence-electron chi connectivity index (χ1n) is 6.71. The van der Waals surface area contributed by atoms with Gasteiger partial charge in [0.05, 0.1) is 18.4 Å². The maximum absolute atomic E-state index is 5.90. The van der Waals surface area contributed by atoms with E-state index in [1.807, 2.05) is 29.7 Å². The van der Waals surface area contributed by atoms with Gasteiger partial charge in [-0.2, -0.15) is 16.9 Å². The van der Waals surface area contributed by atoms with Crippen molar-refractivity contribution in [3.63, 3.8) is 0 Å². The predicted molar refractivity (Wildman–Crippen MR) is 76.1 cm³/mol. The molecular weight excluding hydrogens is 246 g/mol. The van der Waals surface area contributed by atoms with Gasteiger partial charge in [0.15, 0.2) is 0 Å². The van der Waals surface area contributed by atoms with E-state index in [1.165, 1.54) is 0 Å². The summed E-state index contributed by atoms with van der Waals surface area (Å²) in [4.78, 5) is 0. The lowest BCUT2D eigenvalue weighted by atomic mass is 10.1. The van der Waals surface area contributed by atoms with Crippen molar-refractivity contribution in [2.24, 2.45) is 7.05 Å². The van der Waals surface area contributed by atoms with Crippen LogP contribution in [0, 0.1) is 0 Å². The number of hydrogen-bond acceptors (Lipinski definition) is 4. The lowest BCUT2D eigenvalue weighted by molar-refractivity contribution is 0.0469. The highest BCUT2D eigenvalue weighted by Crippen LogP contribution is 2.17. The zero-order valence-corrected chi connectivity index (χ0v) is 12.1. The molecule has 0 bridgehead atoms. The molecule has 1 aliphatic rings. The van der Waals surface area contributed by atoms with Crippen LogP contribution in [0.4, 0.5) is 0 Å². The van der Waals surface area contributed by atoms with E-state index in [2.05, 4.69) is 23.4 Å². The van der Waals surface area contributed by atoms with Crippen molar-refractivity contribution in [1.82, 2.24) is 15.1 Å². The molecule has 0 amide bonds. The van der Waals surface area contributed by atoms with Crippen LogP contribution in [0.2, 0.25) is 0 Å². The number of nitrogens with zero attached hydrogens (tertiary/aromatic N) is 2. The number of aryl methyl sites for hydroxylation is 1. The molecule has 18 heavy (non-hydrogen) atoms. The Morgan fingerprint density at radius 2 is 2.56 bits per heavy atom. The highest BCUT2D eigenvalue weighted by atomic mass is 32.2. The molecule has 0 aromatic carbocycles. The maximum atomic E-state index is 5.90. The smallest absolute Gasteiger partial charge is 0.0822 e. The number of rotatable bonds is 6. The molecule has 2 rings (SSSR count). The van der Waals surface area contributed by atoms with Crippen LogP contribution in [0.5, 0.6) is 0 Å². The highest BCUT2D eigenvalue weighted by molar-refractivity contribution is 7.99. The average Bonchev–Trinajstić information content (AvgIpc) is 2.81. The lowest BCUT2D eigenvalue weighted by Crippen LogP contribution is -2.46. The monoisotopic (exact) mass is 269 g/mol. The third-order valence-electron chi connectivity index (χ3n) is 3.14. The molecule has 5 heteroatoms. The molecule has 1 saturated heterocycles. The molecule has 1 fully saturated rings. The minimum atomic E-state index is 0.317. The highest BCUT2D eigenvalue weighted by Gasteiger charge is 2.25. The molecular formula is C13H23N3OS. The SMILES string of the molecule is CCCNC(Cc1ccn(C)n1)C1CSCCO1. The first kappa shape index (κ1) is 13.9. The summed E-state index contributed by atoms with van der Waals surface area (Å²) in [6.45, 7) is 4.12. The van der Waals surface area contributed by atoms with Crippen molar-refractivity contribution >= 4 is 11.8 Å². The fraction of sp³-hybridized carbons (Fsp3) is 0.769. The van der Waals surface area contributed by atoms with Crippen molar-refractivity contribution in [3.05, 3.63) is 18.0 Å². The molecule has 1 aliphatic heterocycles. The zero-order valence-electron chi connectivity index (χ0n) is 11.3. The van der Waals surface area contributed by atoms with Gasteiger partial charge in [0.2, 0.25) is 0 Å². The molecule has 0 saturated carbocycles. The van der Waals surface area contributed by atoms with Crippen LogP contribution in [0.1, 0.15) is 19.0 Å². The van der Waals surface area contributed by atoms with E-state index in [0.29, 0.717) is 12.1 Å². The summed E-state index contributed by atoms with van der Waals surface area (Å²) in [5, 5.41) is 8.08. The molecule has 2 atom stereocenters. The Hall–Kier alpha value is -0.520. The summed E-state index contributed by atoms with van der Waals surface area (Å²) in [7, 11) is 1.96. The summed E-state index contributed by atoms with van der Waals surface area (Å²) >= 11 is 1.99. The van der Waals surface area contributed by atoms with Crippen molar-refractivity contribution in [2.75, 3.05) is 24.7 Å². The molecule has 2 heterocycles. The van der Waals surface area contributed by atoms with Crippen LogP contribution < -0.4 is 5.32 Å². The first-order valence-corrected chi connectivity index (χ1v) is 7.86. The number of ether oxygens (including phenoxy) is 1. The number of nitrogens with one attached hydrogen (secondary N) is 1. The molecule has 0 aliphatic carbocycles. The Bertz CT molecular complexity index is 350. The Morgan fingerprint density at radius 3 is 3.17 bits per heavy atom. The van der Waals surface area contributed by atoms with E-state index in [-0.39, 0.29) is 0 Å². The topological polar surface area (TPSA) is 39.1 Å². The van der Waals surface area contributed by atoms with Gasteiger partial charge in [-0.25, -0.2) is 0 Å². The van der Waals surface area contributed by atoms with E-state index >= 15 is 0 Å². The van der Waals surface area contributed by atoms with Crippen LogP contribution in [-0.4, -0.2) is 46.6 Å². The quantitative estimate of drug-likeness (QED) is 0.849. The van der Waals surface area contributed by atoms with Crippen molar-refractivity contribution in [2.45, 2.75) is 31.9 Å². The van der Waals surface area contributed by atoms with Crippen molar-refractivity contribution in [3.8, 4) is 0 Å². The Kier molecular flexibility index (Phi) is 5.53. The minimum absolute atomic E-state index is 0.317. The zero-order chi connectivity index (χ0) is 12.8. The number of hydrogen-bond donors (Lipinski definition) is 1. The minimum Gasteiger partial charge on any atom is -0.375 e. The van der Waals surface area contributed by atoms with Gasteiger partial charge in [-0.3, -0.25) is 4.68 Å². The summed E-state index contributed by atoms with van der Waals surface area (Å²) in [5.41, 5.74) is 1.14. The second-order valence-electron chi connectivity index (χ2n) is 4.73. The van der Waals surface area contributed by atoms with E-state index in [1.54, 1.807) is 0 Å².